The lowest BCUT2D eigenvalue weighted by atomic mass is 10.0. The Labute approximate surface area is 157 Å². The quantitative estimate of drug-likeness (QED) is 0.676. The number of benzene rings is 1. The van der Waals surface area contributed by atoms with Crippen LogP contribution in [0.1, 0.15) is 21.6 Å². The minimum absolute atomic E-state index is 0.262. The van der Waals surface area contributed by atoms with Crippen molar-refractivity contribution in [1.82, 2.24) is 20.6 Å². The average molecular weight is 360 g/mol. The van der Waals surface area contributed by atoms with Crippen LogP contribution in [0.15, 0.2) is 79.3 Å². The van der Waals surface area contributed by atoms with Gasteiger partial charge in [-0.2, -0.15) is 0 Å². The van der Waals surface area contributed by atoms with Gasteiger partial charge in [-0.3, -0.25) is 19.6 Å². The van der Waals surface area contributed by atoms with Crippen LogP contribution in [0.4, 0.5) is 0 Å². The summed E-state index contributed by atoms with van der Waals surface area (Å²) in [7, 11) is 0. The number of hydrogen-bond acceptors (Lipinski definition) is 4. The number of nitrogens with one attached hydrogen (secondary N) is 2. The molecule has 0 fully saturated rings. The Kier molecular flexibility index (Phi) is 6.25. The van der Waals surface area contributed by atoms with Gasteiger partial charge in [0, 0.05) is 25.0 Å². The normalized spacial score (nSPS) is 11.4. The van der Waals surface area contributed by atoms with Gasteiger partial charge in [-0.1, -0.05) is 36.4 Å². The average Bonchev–Trinajstić information content (AvgIpc) is 2.73. The van der Waals surface area contributed by atoms with Gasteiger partial charge in [0.25, 0.3) is 5.91 Å². The Bertz CT molecular complexity index is 870. The summed E-state index contributed by atoms with van der Waals surface area (Å²) in [5, 5.41) is 5.65. The van der Waals surface area contributed by atoms with Crippen molar-refractivity contribution in [2.45, 2.75) is 19.0 Å². The number of amides is 2. The fourth-order valence-corrected chi connectivity index (χ4v) is 2.60. The molecule has 2 amide bonds. The second-order valence-electron chi connectivity index (χ2n) is 6.00. The van der Waals surface area contributed by atoms with Gasteiger partial charge < -0.3 is 10.6 Å². The molecule has 0 radical (unpaired) electrons. The van der Waals surface area contributed by atoms with Crippen LogP contribution < -0.4 is 10.6 Å². The van der Waals surface area contributed by atoms with Gasteiger partial charge in [-0.25, -0.2) is 0 Å². The van der Waals surface area contributed by atoms with Gasteiger partial charge in [0.2, 0.25) is 5.91 Å². The molecule has 0 unspecified atom stereocenters. The Morgan fingerprint density at radius 3 is 2.44 bits per heavy atom. The van der Waals surface area contributed by atoms with Crippen LogP contribution in [0.2, 0.25) is 0 Å². The first-order chi connectivity index (χ1) is 13.2. The molecule has 0 aliphatic heterocycles. The standard InChI is InChI=1S/C21H20N4O2/c26-20(17-9-6-11-22-14-17)25-19(13-16-7-2-1-3-8-16)21(27)24-15-18-10-4-5-12-23-18/h1-12,14,19H,13,15H2,(H,24,27)(H,25,26)/t19-/m1/s1. The third-order valence-electron chi connectivity index (χ3n) is 4.00. The summed E-state index contributed by atoms with van der Waals surface area (Å²) in [5.74, 6) is -0.598. The summed E-state index contributed by atoms with van der Waals surface area (Å²) in [5.41, 5.74) is 2.12. The number of aromatic nitrogens is 2. The molecule has 3 rings (SSSR count). The molecule has 0 saturated heterocycles. The highest BCUT2D eigenvalue weighted by Crippen LogP contribution is 2.06. The van der Waals surface area contributed by atoms with Gasteiger partial charge in [-0.05, 0) is 29.8 Å². The fourth-order valence-electron chi connectivity index (χ4n) is 2.60. The Morgan fingerprint density at radius 2 is 1.74 bits per heavy atom. The fraction of sp³-hybridized carbons (Fsp3) is 0.143. The van der Waals surface area contributed by atoms with Crippen molar-refractivity contribution >= 4 is 11.8 Å². The number of hydrogen-bond donors (Lipinski definition) is 2. The predicted octanol–water partition coefficient (Wildman–Crippen LogP) is 2.13. The molecule has 6 nitrogen and oxygen atoms in total. The van der Waals surface area contributed by atoms with Crippen LogP contribution in [0, 0.1) is 0 Å². The predicted molar refractivity (Wildman–Crippen MR) is 102 cm³/mol. The van der Waals surface area contributed by atoms with Crippen molar-refractivity contribution in [3.63, 3.8) is 0 Å². The third kappa shape index (κ3) is 5.47. The van der Waals surface area contributed by atoms with Gasteiger partial charge >= 0.3 is 0 Å². The lowest BCUT2D eigenvalue weighted by Crippen LogP contribution is -2.47. The van der Waals surface area contributed by atoms with Crippen molar-refractivity contribution in [2.24, 2.45) is 0 Å². The number of nitrogens with zero attached hydrogens (tertiary/aromatic N) is 2. The van der Waals surface area contributed by atoms with Gasteiger partial charge in [0.1, 0.15) is 6.04 Å². The Hall–Kier alpha value is -3.54. The van der Waals surface area contributed by atoms with E-state index in [2.05, 4.69) is 20.6 Å². The largest absolute Gasteiger partial charge is 0.349 e. The second kappa shape index (κ2) is 9.24. The lowest BCUT2D eigenvalue weighted by Gasteiger charge is -2.18. The summed E-state index contributed by atoms with van der Waals surface area (Å²) in [6.45, 7) is 0.299. The van der Waals surface area contributed by atoms with Crippen LogP contribution in [0.5, 0.6) is 0 Å². The van der Waals surface area contributed by atoms with E-state index in [-0.39, 0.29) is 11.8 Å². The smallest absolute Gasteiger partial charge is 0.253 e. The lowest BCUT2D eigenvalue weighted by molar-refractivity contribution is -0.123. The zero-order valence-electron chi connectivity index (χ0n) is 14.7. The molecule has 1 atom stereocenters. The van der Waals surface area contributed by atoms with Crippen LogP contribution in [0.25, 0.3) is 0 Å². The van der Waals surface area contributed by atoms with E-state index in [0.29, 0.717) is 18.5 Å². The van der Waals surface area contributed by atoms with E-state index in [0.717, 1.165) is 11.3 Å². The molecule has 0 saturated carbocycles. The van der Waals surface area contributed by atoms with Crippen molar-refractivity contribution in [1.29, 1.82) is 0 Å². The Balaban J connectivity index is 1.70. The third-order valence-corrected chi connectivity index (χ3v) is 4.00. The van der Waals surface area contributed by atoms with Crippen LogP contribution >= 0.6 is 0 Å². The first-order valence-electron chi connectivity index (χ1n) is 8.65. The van der Waals surface area contributed by atoms with Crippen LogP contribution in [-0.2, 0) is 17.8 Å². The molecular formula is C21H20N4O2. The molecule has 27 heavy (non-hydrogen) atoms. The molecule has 2 aromatic heterocycles. The van der Waals surface area contributed by atoms with Crippen molar-refractivity contribution in [2.75, 3.05) is 0 Å². The molecule has 6 heteroatoms. The molecule has 0 spiro atoms. The second-order valence-corrected chi connectivity index (χ2v) is 6.00. The molecule has 0 aliphatic carbocycles. The SMILES string of the molecule is O=C(N[C@H](Cc1ccccc1)C(=O)NCc1ccccn1)c1cccnc1. The molecule has 3 aromatic rings. The summed E-state index contributed by atoms with van der Waals surface area (Å²) in [6.07, 6.45) is 5.13. The van der Waals surface area contributed by atoms with Gasteiger partial charge in [0.15, 0.2) is 0 Å². The number of pyridine rings is 2. The Morgan fingerprint density at radius 1 is 0.926 bits per heavy atom. The maximum atomic E-state index is 12.7. The van der Waals surface area contributed by atoms with Gasteiger partial charge in [-0.15, -0.1) is 0 Å². The van der Waals surface area contributed by atoms with E-state index < -0.39 is 6.04 Å². The zero-order chi connectivity index (χ0) is 18.9. The molecule has 0 aliphatic rings. The zero-order valence-corrected chi connectivity index (χ0v) is 14.7. The topological polar surface area (TPSA) is 84.0 Å². The van der Waals surface area contributed by atoms with E-state index >= 15 is 0 Å². The van der Waals surface area contributed by atoms with Crippen molar-refractivity contribution in [3.8, 4) is 0 Å². The molecule has 0 bridgehead atoms. The van der Waals surface area contributed by atoms with E-state index in [1.54, 1.807) is 24.5 Å². The molecule has 2 heterocycles. The molecule has 2 N–H and O–H groups in total. The van der Waals surface area contributed by atoms with Crippen molar-refractivity contribution < 1.29 is 9.59 Å². The molecular weight excluding hydrogens is 340 g/mol. The maximum Gasteiger partial charge on any atom is 0.253 e. The highest BCUT2D eigenvalue weighted by atomic mass is 16.2. The minimum Gasteiger partial charge on any atom is -0.349 e. The highest BCUT2D eigenvalue weighted by molar-refractivity contribution is 5.97. The minimum atomic E-state index is -0.705. The summed E-state index contributed by atoms with van der Waals surface area (Å²) in [6, 6.07) is 17.7. The maximum absolute atomic E-state index is 12.7. The van der Waals surface area contributed by atoms with E-state index in [4.69, 9.17) is 0 Å². The number of rotatable bonds is 7. The number of carbonyl (C=O) groups excluding carboxylic acids is 2. The number of carbonyl (C=O) groups is 2. The first kappa shape index (κ1) is 18.3. The van der Waals surface area contributed by atoms with E-state index in [9.17, 15) is 9.59 Å². The molecule has 136 valence electrons. The summed E-state index contributed by atoms with van der Waals surface area (Å²) in [4.78, 5) is 33.3. The highest BCUT2D eigenvalue weighted by Gasteiger charge is 2.22. The monoisotopic (exact) mass is 360 g/mol. The van der Waals surface area contributed by atoms with Crippen LogP contribution in [0.3, 0.4) is 0 Å². The summed E-state index contributed by atoms with van der Waals surface area (Å²) < 4.78 is 0. The van der Waals surface area contributed by atoms with E-state index in [1.165, 1.54) is 6.20 Å². The van der Waals surface area contributed by atoms with Crippen molar-refractivity contribution in [3.05, 3.63) is 96.1 Å². The van der Waals surface area contributed by atoms with Gasteiger partial charge in [0.05, 0.1) is 17.8 Å². The van der Waals surface area contributed by atoms with E-state index in [1.807, 2.05) is 48.5 Å². The first-order valence-corrected chi connectivity index (χ1v) is 8.65. The summed E-state index contributed by atoms with van der Waals surface area (Å²) >= 11 is 0. The molecule has 1 aromatic carbocycles. The van der Waals surface area contributed by atoms with Crippen LogP contribution in [-0.4, -0.2) is 27.8 Å².